The van der Waals surface area contributed by atoms with Crippen LogP contribution in [0.4, 0.5) is 0 Å². The Hall–Kier alpha value is -1.63. The Labute approximate surface area is 85.4 Å². The molecule has 0 radical (unpaired) electrons. The molecular formula is C13H15N. The minimum atomic E-state index is 1.21. The van der Waals surface area contributed by atoms with Crippen LogP contribution in [0.25, 0.3) is 0 Å². The molecule has 1 nitrogen and oxygen atoms in total. The molecule has 0 aliphatic rings. The van der Waals surface area contributed by atoms with Crippen LogP contribution in [0.1, 0.15) is 11.1 Å². The maximum atomic E-state index is 3.88. The molecule has 72 valence electrons. The van der Waals surface area contributed by atoms with E-state index in [9.17, 15) is 0 Å². The molecule has 2 aromatic rings. The smallest absolute Gasteiger partial charge is 0.0297 e. The van der Waals surface area contributed by atoms with Gasteiger partial charge in [-0.2, -0.15) is 0 Å². The van der Waals surface area contributed by atoms with Crippen molar-refractivity contribution < 1.29 is 0 Å². The number of rotatable bonds is 0. The highest BCUT2D eigenvalue weighted by atomic mass is 14.6. The van der Waals surface area contributed by atoms with Gasteiger partial charge in [0.15, 0.2) is 0 Å². The first-order valence-corrected chi connectivity index (χ1v) is 4.67. The third-order valence-electron chi connectivity index (χ3n) is 1.75. The second kappa shape index (κ2) is 5.92. The molecule has 0 amide bonds. The van der Waals surface area contributed by atoms with Crippen LogP contribution < -0.4 is 0 Å². The Bertz CT molecular complexity index is 303. The maximum Gasteiger partial charge on any atom is 0.0297 e. The van der Waals surface area contributed by atoms with Crippen LogP contribution in [-0.2, 0) is 0 Å². The normalized spacial score (nSPS) is 8.71. The summed E-state index contributed by atoms with van der Waals surface area (Å²) in [5, 5.41) is 0. The van der Waals surface area contributed by atoms with Gasteiger partial charge >= 0.3 is 0 Å². The van der Waals surface area contributed by atoms with E-state index >= 15 is 0 Å². The number of benzene rings is 1. The molecular weight excluding hydrogens is 170 g/mol. The van der Waals surface area contributed by atoms with Gasteiger partial charge in [-0.15, -0.1) is 0 Å². The lowest BCUT2D eigenvalue weighted by Gasteiger charge is -1.82. The van der Waals surface area contributed by atoms with Gasteiger partial charge < -0.3 is 0 Å². The molecule has 1 heterocycles. The molecule has 0 bridgehead atoms. The fourth-order valence-electron chi connectivity index (χ4n) is 0.983. The van der Waals surface area contributed by atoms with Crippen LogP contribution in [0, 0.1) is 13.8 Å². The van der Waals surface area contributed by atoms with Crippen molar-refractivity contribution in [3.05, 3.63) is 66.0 Å². The third kappa shape index (κ3) is 4.41. The number of hydrogen-bond acceptors (Lipinski definition) is 1. The second-order valence-electron chi connectivity index (χ2n) is 3.19. The third-order valence-corrected chi connectivity index (χ3v) is 1.75. The van der Waals surface area contributed by atoms with Gasteiger partial charge in [0.25, 0.3) is 0 Å². The Morgan fingerprint density at radius 2 is 1.43 bits per heavy atom. The van der Waals surface area contributed by atoms with E-state index in [1.807, 2.05) is 43.5 Å². The average molecular weight is 185 g/mol. The molecule has 0 N–H and O–H groups in total. The van der Waals surface area contributed by atoms with E-state index in [1.165, 1.54) is 11.1 Å². The summed E-state index contributed by atoms with van der Waals surface area (Å²) < 4.78 is 0. The Kier molecular flexibility index (Phi) is 4.42. The highest BCUT2D eigenvalue weighted by Crippen LogP contribution is 1.92. The molecule has 0 saturated heterocycles. The van der Waals surface area contributed by atoms with Gasteiger partial charge in [0.2, 0.25) is 0 Å². The zero-order valence-electron chi connectivity index (χ0n) is 8.64. The van der Waals surface area contributed by atoms with Gasteiger partial charge in [0, 0.05) is 12.4 Å². The Morgan fingerprint density at radius 1 is 0.786 bits per heavy atom. The van der Waals surface area contributed by atoms with Gasteiger partial charge in [-0.05, 0) is 25.5 Å². The zero-order valence-corrected chi connectivity index (χ0v) is 8.64. The quantitative estimate of drug-likeness (QED) is 0.613. The van der Waals surface area contributed by atoms with Crippen molar-refractivity contribution in [1.82, 2.24) is 4.98 Å². The van der Waals surface area contributed by atoms with Gasteiger partial charge in [0.1, 0.15) is 0 Å². The predicted octanol–water partition coefficient (Wildman–Crippen LogP) is 3.39. The molecule has 0 aliphatic heterocycles. The molecule has 1 heteroatoms. The number of hydrogen-bond donors (Lipinski definition) is 0. The van der Waals surface area contributed by atoms with Crippen LogP contribution in [0.5, 0.6) is 0 Å². The summed E-state index contributed by atoms with van der Waals surface area (Å²) in [5.41, 5.74) is 2.53. The highest BCUT2D eigenvalue weighted by Gasteiger charge is 1.73. The maximum absolute atomic E-state index is 3.88. The summed E-state index contributed by atoms with van der Waals surface area (Å²) in [5.74, 6) is 0. The molecule has 2 rings (SSSR count). The van der Waals surface area contributed by atoms with Crippen LogP contribution in [-0.4, -0.2) is 4.98 Å². The first-order valence-electron chi connectivity index (χ1n) is 4.67. The van der Waals surface area contributed by atoms with Crippen molar-refractivity contribution >= 4 is 0 Å². The van der Waals surface area contributed by atoms with Crippen molar-refractivity contribution in [3.63, 3.8) is 0 Å². The summed E-state index contributed by atoms with van der Waals surface area (Å²) in [4.78, 5) is 3.88. The summed E-state index contributed by atoms with van der Waals surface area (Å²) in [6.45, 7) is 4.10. The summed E-state index contributed by atoms with van der Waals surface area (Å²) in [6, 6.07) is 14.2. The van der Waals surface area contributed by atoms with Crippen LogP contribution in [0.2, 0.25) is 0 Å². The molecule has 0 fully saturated rings. The van der Waals surface area contributed by atoms with E-state index in [2.05, 4.69) is 24.0 Å². The van der Waals surface area contributed by atoms with Crippen LogP contribution in [0.3, 0.4) is 0 Å². The van der Waals surface area contributed by atoms with Crippen molar-refractivity contribution in [1.29, 1.82) is 0 Å². The Morgan fingerprint density at radius 3 is 1.71 bits per heavy atom. The molecule has 0 unspecified atom stereocenters. The van der Waals surface area contributed by atoms with Crippen molar-refractivity contribution in [3.8, 4) is 0 Å². The Balaban J connectivity index is 0.000000140. The second-order valence-corrected chi connectivity index (χ2v) is 3.19. The standard InChI is InChI=1S/C7H8.C6H7N/c1-7-5-3-2-4-6-7;1-6-3-2-4-7-5-6/h2-6H,1H3;2-5H,1H3. The van der Waals surface area contributed by atoms with E-state index in [-0.39, 0.29) is 0 Å². The fraction of sp³-hybridized carbons (Fsp3) is 0.154. The molecule has 0 saturated carbocycles. The lowest BCUT2D eigenvalue weighted by atomic mass is 10.2. The first kappa shape index (κ1) is 10.5. The molecule has 0 aliphatic carbocycles. The van der Waals surface area contributed by atoms with Crippen molar-refractivity contribution in [2.45, 2.75) is 13.8 Å². The molecule has 14 heavy (non-hydrogen) atoms. The molecule has 1 aromatic carbocycles. The summed E-state index contributed by atoms with van der Waals surface area (Å²) >= 11 is 0. The van der Waals surface area contributed by atoms with E-state index in [4.69, 9.17) is 0 Å². The SMILES string of the molecule is Cc1ccccc1.Cc1cccnc1. The van der Waals surface area contributed by atoms with E-state index in [0.717, 1.165) is 0 Å². The largest absolute Gasteiger partial charge is 0.264 e. The molecule has 0 spiro atoms. The number of pyridine rings is 1. The summed E-state index contributed by atoms with van der Waals surface area (Å²) in [6.07, 6.45) is 3.60. The number of aryl methyl sites for hydroxylation is 2. The van der Waals surface area contributed by atoms with E-state index in [1.54, 1.807) is 6.20 Å². The predicted molar refractivity (Wildman–Crippen MR) is 60.2 cm³/mol. The topological polar surface area (TPSA) is 12.9 Å². The summed E-state index contributed by atoms with van der Waals surface area (Å²) in [7, 11) is 0. The molecule has 1 aromatic heterocycles. The molecule has 0 atom stereocenters. The monoisotopic (exact) mass is 185 g/mol. The lowest BCUT2D eigenvalue weighted by molar-refractivity contribution is 1.27. The van der Waals surface area contributed by atoms with Crippen LogP contribution >= 0.6 is 0 Å². The van der Waals surface area contributed by atoms with Gasteiger partial charge in [-0.1, -0.05) is 42.0 Å². The minimum Gasteiger partial charge on any atom is -0.264 e. The number of nitrogens with zero attached hydrogens (tertiary/aromatic N) is 1. The minimum absolute atomic E-state index is 1.21. The zero-order chi connectivity index (χ0) is 10.2. The first-order chi connectivity index (χ1) is 6.79. The lowest BCUT2D eigenvalue weighted by Crippen LogP contribution is -1.69. The van der Waals surface area contributed by atoms with Crippen molar-refractivity contribution in [2.75, 3.05) is 0 Å². The average Bonchev–Trinajstić information content (AvgIpc) is 2.21. The van der Waals surface area contributed by atoms with Crippen molar-refractivity contribution in [2.24, 2.45) is 0 Å². The number of aromatic nitrogens is 1. The highest BCUT2D eigenvalue weighted by molar-refractivity contribution is 5.11. The van der Waals surface area contributed by atoms with Crippen LogP contribution in [0.15, 0.2) is 54.9 Å². The van der Waals surface area contributed by atoms with Gasteiger partial charge in [-0.3, -0.25) is 4.98 Å². The van der Waals surface area contributed by atoms with E-state index in [0.29, 0.717) is 0 Å². The van der Waals surface area contributed by atoms with Gasteiger partial charge in [-0.25, -0.2) is 0 Å². The van der Waals surface area contributed by atoms with Gasteiger partial charge in [0.05, 0.1) is 0 Å². The fourth-order valence-corrected chi connectivity index (χ4v) is 0.983. The van der Waals surface area contributed by atoms with E-state index < -0.39 is 0 Å².